The third-order valence-electron chi connectivity index (χ3n) is 2.63. The van der Waals surface area contributed by atoms with Crippen molar-refractivity contribution in [2.45, 2.75) is 19.4 Å². The molecule has 2 N–H and O–H groups in total. The molecule has 0 heterocycles. The van der Waals surface area contributed by atoms with Crippen molar-refractivity contribution in [1.29, 1.82) is 0 Å². The number of carbonyl (C=O) groups excluding carboxylic acids is 2. The number of nitrogens with one attached hydrogen (secondary N) is 2. The molecule has 0 bridgehead atoms. The first-order valence-electron chi connectivity index (χ1n) is 5.70. The maximum absolute atomic E-state index is 11.7. The SMILES string of the molecule is CNC(=O)Cc1ccccc1NC(=O)C(C)OC. The Kier molecular flexibility index (Phi) is 5.32. The van der Waals surface area contributed by atoms with Crippen LogP contribution in [0.15, 0.2) is 24.3 Å². The molecule has 98 valence electrons. The summed E-state index contributed by atoms with van der Waals surface area (Å²) >= 11 is 0. The van der Waals surface area contributed by atoms with Gasteiger partial charge in [-0.25, -0.2) is 0 Å². The monoisotopic (exact) mass is 250 g/mol. The largest absolute Gasteiger partial charge is 0.372 e. The van der Waals surface area contributed by atoms with Gasteiger partial charge in [0.25, 0.3) is 5.91 Å². The molecule has 18 heavy (non-hydrogen) atoms. The summed E-state index contributed by atoms with van der Waals surface area (Å²) in [5, 5.41) is 5.30. The molecule has 1 rings (SSSR count). The van der Waals surface area contributed by atoms with E-state index >= 15 is 0 Å². The van der Waals surface area contributed by atoms with Crippen LogP contribution in [0.4, 0.5) is 5.69 Å². The highest BCUT2D eigenvalue weighted by atomic mass is 16.5. The van der Waals surface area contributed by atoms with Gasteiger partial charge in [0.15, 0.2) is 0 Å². The van der Waals surface area contributed by atoms with Crippen molar-refractivity contribution in [2.24, 2.45) is 0 Å². The van der Waals surface area contributed by atoms with Crippen LogP contribution < -0.4 is 10.6 Å². The minimum atomic E-state index is -0.530. The average Bonchev–Trinajstić information content (AvgIpc) is 2.39. The Bertz CT molecular complexity index is 432. The van der Waals surface area contributed by atoms with E-state index < -0.39 is 6.10 Å². The van der Waals surface area contributed by atoms with E-state index in [0.29, 0.717) is 5.69 Å². The Hall–Kier alpha value is -1.88. The lowest BCUT2D eigenvalue weighted by Crippen LogP contribution is -2.27. The van der Waals surface area contributed by atoms with Crippen LogP contribution in [0.3, 0.4) is 0 Å². The number of amides is 2. The Morgan fingerprint density at radius 2 is 2.00 bits per heavy atom. The van der Waals surface area contributed by atoms with E-state index in [1.807, 2.05) is 12.1 Å². The number of benzene rings is 1. The van der Waals surface area contributed by atoms with Gasteiger partial charge in [-0.05, 0) is 18.6 Å². The van der Waals surface area contributed by atoms with E-state index in [1.165, 1.54) is 7.11 Å². The third-order valence-corrected chi connectivity index (χ3v) is 2.63. The van der Waals surface area contributed by atoms with Crippen molar-refractivity contribution in [2.75, 3.05) is 19.5 Å². The Balaban J connectivity index is 2.82. The summed E-state index contributed by atoms with van der Waals surface area (Å²) < 4.78 is 4.93. The molecule has 0 aliphatic heterocycles. The van der Waals surface area contributed by atoms with Gasteiger partial charge in [0, 0.05) is 19.8 Å². The lowest BCUT2D eigenvalue weighted by Gasteiger charge is -2.13. The van der Waals surface area contributed by atoms with Gasteiger partial charge in [-0.15, -0.1) is 0 Å². The van der Waals surface area contributed by atoms with Crippen molar-refractivity contribution in [3.63, 3.8) is 0 Å². The number of likely N-dealkylation sites (N-methyl/N-ethyl adjacent to an activating group) is 1. The average molecular weight is 250 g/mol. The smallest absolute Gasteiger partial charge is 0.253 e. The molecule has 0 saturated carbocycles. The second-order valence-corrected chi connectivity index (χ2v) is 3.87. The topological polar surface area (TPSA) is 67.4 Å². The zero-order valence-electron chi connectivity index (χ0n) is 10.8. The van der Waals surface area contributed by atoms with Gasteiger partial charge >= 0.3 is 0 Å². The van der Waals surface area contributed by atoms with Crippen molar-refractivity contribution in [1.82, 2.24) is 5.32 Å². The first kappa shape index (κ1) is 14.2. The van der Waals surface area contributed by atoms with Crippen molar-refractivity contribution in [3.05, 3.63) is 29.8 Å². The normalized spacial score (nSPS) is 11.7. The van der Waals surface area contributed by atoms with Crippen molar-refractivity contribution < 1.29 is 14.3 Å². The molecule has 1 unspecified atom stereocenters. The molecular formula is C13H18N2O3. The van der Waals surface area contributed by atoms with Crippen LogP contribution in [0.25, 0.3) is 0 Å². The Morgan fingerprint density at radius 3 is 2.61 bits per heavy atom. The van der Waals surface area contributed by atoms with E-state index in [-0.39, 0.29) is 18.2 Å². The van der Waals surface area contributed by atoms with Crippen LogP contribution in [-0.2, 0) is 20.7 Å². The molecule has 0 aliphatic carbocycles. The molecule has 1 atom stereocenters. The lowest BCUT2D eigenvalue weighted by molar-refractivity contribution is -0.124. The summed E-state index contributed by atoms with van der Waals surface area (Å²) in [6.45, 7) is 1.66. The summed E-state index contributed by atoms with van der Waals surface area (Å²) in [6, 6.07) is 7.20. The number of hydrogen-bond donors (Lipinski definition) is 2. The van der Waals surface area contributed by atoms with Crippen molar-refractivity contribution in [3.8, 4) is 0 Å². The maximum atomic E-state index is 11.7. The summed E-state index contributed by atoms with van der Waals surface area (Å²) in [6.07, 6.45) is -0.299. The molecule has 0 aromatic heterocycles. The molecule has 5 nitrogen and oxygen atoms in total. The van der Waals surface area contributed by atoms with Gasteiger partial charge in [0.1, 0.15) is 6.10 Å². The van der Waals surface area contributed by atoms with Crippen LogP contribution in [0.5, 0.6) is 0 Å². The fraction of sp³-hybridized carbons (Fsp3) is 0.385. The van der Waals surface area contributed by atoms with Gasteiger partial charge in [-0.1, -0.05) is 18.2 Å². The highest BCUT2D eigenvalue weighted by Gasteiger charge is 2.14. The Labute approximate surface area is 107 Å². The number of hydrogen-bond acceptors (Lipinski definition) is 3. The van der Waals surface area contributed by atoms with Crippen LogP contribution in [0.1, 0.15) is 12.5 Å². The zero-order chi connectivity index (χ0) is 13.5. The molecule has 5 heteroatoms. The molecular weight excluding hydrogens is 232 g/mol. The third kappa shape index (κ3) is 3.85. The second-order valence-electron chi connectivity index (χ2n) is 3.87. The van der Waals surface area contributed by atoms with E-state index in [1.54, 1.807) is 26.1 Å². The van der Waals surface area contributed by atoms with Crippen molar-refractivity contribution >= 4 is 17.5 Å². The predicted octanol–water partition coefficient (Wildman–Crippen LogP) is 0.948. The molecule has 0 radical (unpaired) electrons. The molecule has 2 amide bonds. The van der Waals surface area contributed by atoms with E-state index in [9.17, 15) is 9.59 Å². The molecule has 0 saturated heterocycles. The first-order valence-corrected chi connectivity index (χ1v) is 5.70. The predicted molar refractivity (Wildman–Crippen MR) is 69.3 cm³/mol. The minimum Gasteiger partial charge on any atom is -0.372 e. The van der Waals surface area contributed by atoms with Crippen LogP contribution in [-0.4, -0.2) is 32.1 Å². The minimum absolute atomic E-state index is 0.100. The lowest BCUT2D eigenvalue weighted by atomic mass is 10.1. The highest BCUT2D eigenvalue weighted by molar-refractivity contribution is 5.95. The molecule has 0 spiro atoms. The maximum Gasteiger partial charge on any atom is 0.253 e. The Morgan fingerprint density at radius 1 is 1.33 bits per heavy atom. The quantitative estimate of drug-likeness (QED) is 0.817. The molecule has 0 fully saturated rings. The van der Waals surface area contributed by atoms with E-state index in [0.717, 1.165) is 5.56 Å². The number of carbonyl (C=O) groups is 2. The number of anilines is 1. The number of methoxy groups -OCH3 is 1. The standard InChI is InChI=1S/C13H18N2O3/c1-9(18-3)13(17)15-11-7-5-4-6-10(11)8-12(16)14-2/h4-7,9H,8H2,1-3H3,(H,14,16)(H,15,17). The summed E-state index contributed by atoms with van der Waals surface area (Å²) in [5.74, 6) is -0.335. The number of para-hydroxylation sites is 1. The van der Waals surface area contributed by atoms with E-state index in [4.69, 9.17) is 4.74 Å². The molecule has 1 aromatic rings. The van der Waals surface area contributed by atoms with E-state index in [2.05, 4.69) is 10.6 Å². The van der Waals surface area contributed by atoms with Gasteiger partial charge in [-0.3, -0.25) is 9.59 Å². The first-order chi connectivity index (χ1) is 8.58. The van der Waals surface area contributed by atoms with Gasteiger partial charge < -0.3 is 15.4 Å². The van der Waals surface area contributed by atoms with Gasteiger partial charge in [0.2, 0.25) is 5.91 Å². The summed E-state index contributed by atoms with van der Waals surface area (Å²) in [5.41, 5.74) is 1.41. The summed E-state index contributed by atoms with van der Waals surface area (Å²) in [4.78, 5) is 23.1. The molecule has 1 aromatic carbocycles. The molecule has 0 aliphatic rings. The van der Waals surface area contributed by atoms with Crippen LogP contribution >= 0.6 is 0 Å². The van der Waals surface area contributed by atoms with Gasteiger partial charge in [-0.2, -0.15) is 0 Å². The zero-order valence-corrected chi connectivity index (χ0v) is 10.8. The fourth-order valence-electron chi connectivity index (χ4n) is 1.40. The second kappa shape index (κ2) is 6.76. The van der Waals surface area contributed by atoms with Crippen LogP contribution in [0, 0.1) is 0 Å². The highest BCUT2D eigenvalue weighted by Crippen LogP contribution is 2.16. The summed E-state index contributed by atoms with van der Waals surface area (Å²) in [7, 11) is 3.05. The van der Waals surface area contributed by atoms with Gasteiger partial charge in [0.05, 0.1) is 6.42 Å². The fourth-order valence-corrected chi connectivity index (χ4v) is 1.40. The number of rotatable bonds is 5. The van der Waals surface area contributed by atoms with Crippen LogP contribution in [0.2, 0.25) is 0 Å². The number of ether oxygens (including phenoxy) is 1.